The van der Waals surface area contributed by atoms with Crippen molar-refractivity contribution in [1.82, 2.24) is 0 Å². The molecule has 7 nitrogen and oxygen atoms in total. The number of hydrogen-bond acceptors (Lipinski definition) is 5. The van der Waals surface area contributed by atoms with Crippen LogP contribution in [0.4, 0.5) is 24.5 Å². The molecule has 0 saturated heterocycles. The van der Waals surface area contributed by atoms with Gasteiger partial charge in [0, 0.05) is 18.5 Å². The summed E-state index contributed by atoms with van der Waals surface area (Å²) in [5.74, 6) is -0.648. The van der Waals surface area contributed by atoms with E-state index in [4.69, 9.17) is 9.47 Å². The molecule has 2 amide bonds. The molecular formula is C28H27F3N2O5. The predicted molar refractivity (Wildman–Crippen MR) is 136 cm³/mol. The fourth-order valence-electron chi connectivity index (χ4n) is 3.38. The van der Waals surface area contributed by atoms with Crippen molar-refractivity contribution in [3.05, 3.63) is 83.4 Å². The molecule has 0 aromatic heterocycles. The van der Waals surface area contributed by atoms with Gasteiger partial charge in [-0.25, -0.2) is 0 Å². The second-order valence-electron chi connectivity index (χ2n) is 8.53. The van der Waals surface area contributed by atoms with Gasteiger partial charge in [0.1, 0.15) is 11.5 Å². The second kappa shape index (κ2) is 12.8. The van der Waals surface area contributed by atoms with Crippen LogP contribution in [0.3, 0.4) is 0 Å². The van der Waals surface area contributed by atoms with E-state index in [0.717, 1.165) is 17.7 Å². The first-order chi connectivity index (χ1) is 18.0. The van der Waals surface area contributed by atoms with E-state index < -0.39 is 35.9 Å². The molecule has 0 heterocycles. The normalized spacial score (nSPS) is 11.0. The molecular weight excluding hydrogens is 501 g/mol. The zero-order valence-electron chi connectivity index (χ0n) is 20.9. The van der Waals surface area contributed by atoms with Gasteiger partial charge in [-0.1, -0.05) is 18.2 Å². The molecule has 0 atom stereocenters. The Bertz CT molecular complexity index is 1290. The average molecular weight is 529 g/mol. The number of halogens is 3. The number of benzene rings is 3. The molecule has 0 aliphatic heterocycles. The first-order valence-corrected chi connectivity index (χ1v) is 11.8. The van der Waals surface area contributed by atoms with E-state index in [0.29, 0.717) is 17.2 Å². The van der Waals surface area contributed by atoms with E-state index >= 15 is 0 Å². The van der Waals surface area contributed by atoms with Crippen molar-refractivity contribution in [2.45, 2.75) is 39.3 Å². The zero-order valence-corrected chi connectivity index (χ0v) is 20.9. The molecule has 3 aromatic rings. The van der Waals surface area contributed by atoms with Crippen molar-refractivity contribution in [3.63, 3.8) is 0 Å². The molecule has 38 heavy (non-hydrogen) atoms. The van der Waals surface area contributed by atoms with Gasteiger partial charge in [-0.2, -0.15) is 13.2 Å². The van der Waals surface area contributed by atoms with E-state index in [9.17, 15) is 27.6 Å². The van der Waals surface area contributed by atoms with E-state index in [1.54, 1.807) is 24.3 Å². The van der Waals surface area contributed by atoms with Crippen LogP contribution >= 0.6 is 0 Å². The van der Waals surface area contributed by atoms with Crippen molar-refractivity contribution in [3.8, 4) is 11.5 Å². The van der Waals surface area contributed by atoms with Gasteiger partial charge >= 0.3 is 12.1 Å². The lowest BCUT2D eigenvalue weighted by atomic mass is 10.1. The van der Waals surface area contributed by atoms with Crippen LogP contribution in [0.2, 0.25) is 0 Å². The minimum atomic E-state index is -4.64. The number of rotatable bonds is 10. The smallest absolute Gasteiger partial charge is 0.418 e. The highest BCUT2D eigenvalue weighted by atomic mass is 19.4. The minimum absolute atomic E-state index is 0.0289. The maximum absolute atomic E-state index is 13.0. The Balaban J connectivity index is 1.36. The summed E-state index contributed by atoms with van der Waals surface area (Å²) in [6.07, 6.45) is -4.58. The number of carbonyl (C=O) groups excluding carboxylic acids is 3. The molecule has 0 unspecified atom stereocenters. The first kappa shape index (κ1) is 28.2. The third-order valence-corrected chi connectivity index (χ3v) is 5.51. The van der Waals surface area contributed by atoms with Gasteiger partial charge in [-0.05, 0) is 79.9 Å². The molecule has 0 spiro atoms. The number of esters is 1. The van der Waals surface area contributed by atoms with Crippen molar-refractivity contribution >= 4 is 29.2 Å². The van der Waals surface area contributed by atoms with Gasteiger partial charge in [0.05, 0.1) is 11.3 Å². The van der Waals surface area contributed by atoms with E-state index in [2.05, 4.69) is 10.6 Å². The lowest BCUT2D eigenvalue weighted by Crippen LogP contribution is -2.22. The summed E-state index contributed by atoms with van der Waals surface area (Å²) in [5.41, 5.74) is 1.41. The van der Waals surface area contributed by atoms with Crippen LogP contribution in [0.15, 0.2) is 66.7 Å². The van der Waals surface area contributed by atoms with Crippen LogP contribution in [-0.4, -0.2) is 24.4 Å². The number of hydrogen-bond donors (Lipinski definition) is 2. The Morgan fingerprint density at radius 2 is 1.47 bits per heavy atom. The van der Waals surface area contributed by atoms with Crippen molar-refractivity contribution < 1.29 is 37.0 Å². The summed E-state index contributed by atoms with van der Waals surface area (Å²) < 4.78 is 49.6. The fraction of sp³-hybridized carbons (Fsp3) is 0.250. The van der Waals surface area contributed by atoms with Crippen LogP contribution in [0.1, 0.15) is 36.0 Å². The molecule has 0 radical (unpaired) electrons. The molecule has 0 bridgehead atoms. The number of ether oxygens (including phenoxy) is 2. The van der Waals surface area contributed by atoms with Crippen LogP contribution in [0.5, 0.6) is 11.5 Å². The van der Waals surface area contributed by atoms with Crippen LogP contribution in [0, 0.1) is 13.8 Å². The maximum atomic E-state index is 13.0. The number of para-hydroxylation sites is 1. The second-order valence-corrected chi connectivity index (χ2v) is 8.53. The zero-order chi connectivity index (χ0) is 27.7. The van der Waals surface area contributed by atoms with Gasteiger partial charge in [0.15, 0.2) is 6.61 Å². The highest BCUT2D eigenvalue weighted by molar-refractivity contribution is 5.94. The molecule has 0 aliphatic carbocycles. The molecule has 3 aromatic carbocycles. The molecule has 200 valence electrons. The monoisotopic (exact) mass is 528 g/mol. The quantitative estimate of drug-likeness (QED) is 0.297. The Kier molecular flexibility index (Phi) is 9.48. The molecule has 0 saturated carbocycles. The van der Waals surface area contributed by atoms with Gasteiger partial charge in [0.25, 0.3) is 5.91 Å². The summed E-state index contributed by atoms with van der Waals surface area (Å²) >= 11 is 0. The summed E-state index contributed by atoms with van der Waals surface area (Å²) in [5, 5.41) is 4.80. The average Bonchev–Trinajstić information content (AvgIpc) is 2.86. The van der Waals surface area contributed by atoms with Crippen molar-refractivity contribution in [2.75, 3.05) is 17.2 Å². The Labute approximate surface area is 218 Å². The third-order valence-electron chi connectivity index (χ3n) is 5.51. The number of amides is 2. The number of anilines is 2. The molecule has 2 N–H and O–H groups in total. The summed E-state index contributed by atoms with van der Waals surface area (Å²) in [6, 6.07) is 17.1. The predicted octanol–water partition coefficient (Wildman–Crippen LogP) is 6.41. The SMILES string of the molecule is Cc1ccc(Oc2ccc(NC(=O)CCCC(=O)OCC(=O)Nc3ccccc3C(F)(F)F)cc2)cc1C. The van der Waals surface area contributed by atoms with Gasteiger partial charge < -0.3 is 20.1 Å². The van der Waals surface area contributed by atoms with Gasteiger partial charge in [-0.15, -0.1) is 0 Å². The Morgan fingerprint density at radius 3 is 2.16 bits per heavy atom. The molecule has 0 fully saturated rings. The van der Waals surface area contributed by atoms with Gasteiger partial charge in [0.2, 0.25) is 5.91 Å². The largest absolute Gasteiger partial charge is 0.457 e. The minimum Gasteiger partial charge on any atom is -0.457 e. The summed E-state index contributed by atoms with van der Waals surface area (Å²) in [6.45, 7) is 3.27. The highest BCUT2D eigenvalue weighted by Gasteiger charge is 2.33. The Hall–Kier alpha value is -4.34. The van der Waals surface area contributed by atoms with Crippen LogP contribution < -0.4 is 15.4 Å². The lowest BCUT2D eigenvalue weighted by molar-refractivity contribution is -0.147. The number of carbonyl (C=O) groups is 3. The first-order valence-electron chi connectivity index (χ1n) is 11.8. The van der Waals surface area contributed by atoms with Crippen molar-refractivity contribution in [2.24, 2.45) is 0 Å². The number of alkyl halides is 3. The maximum Gasteiger partial charge on any atom is 0.418 e. The Morgan fingerprint density at radius 1 is 0.789 bits per heavy atom. The standard InChI is InChI=1S/C28H27F3N2O5/c1-18-10-13-22(16-19(18)2)38-21-14-11-20(12-15-21)32-25(34)8-5-9-27(36)37-17-26(35)33-24-7-4-3-6-23(24)28(29,30)31/h3-4,6-7,10-16H,5,8-9,17H2,1-2H3,(H,32,34)(H,33,35). The fourth-order valence-corrected chi connectivity index (χ4v) is 3.38. The number of nitrogens with one attached hydrogen (secondary N) is 2. The lowest BCUT2D eigenvalue weighted by Gasteiger charge is -2.13. The summed E-state index contributed by atoms with van der Waals surface area (Å²) in [4.78, 5) is 35.9. The van der Waals surface area contributed by atoms with Crippen LogP contribution in [-0.2, 0) is 25.3 Å². The number of aryl methyl sites for hydroxylation is 2. The van der Waals surface area contributed by atoms with Crippen LogP contribution in [0.25, 0.3) is 0 Å². The molecule has 10 heteroatoms. The highest BCUT2D eigenvalue weighted by Crippen LogP contribution is 2.34. The summed E-state index contributed by atoms with van der Waals surface area (Å²) in [7, 11) is 0. The van der Waals surface area contributed by atoms with Crippen molar-refractivity contribution in [1.29, 1.82) is 0 Å². The topological polar surface area (TPSA) is 93.7 Å². The van der Waals surface area contributed by atoms with E-state index in [1.165, 1.54) is 17.7 Å². The van der Waals surface area contributed by atoms with Gasteiger partial charge in [-0.3, -0.25) is 14.4 Å². The van der Waals surface area contributed by atoms with E-state index in [-0.39, 0.29) is 25.2 Å². The third kappa shape index (κ3) is 8.65. The van der Waals surface area contributed by atoms with E-state index in [1.807, 2.05) is 32.0 Å². The molecule has 0 aliphatic rings. The molecule has 3 rings (SSSR count).